The number of rotatable bonds is 14. The van der Waals surface area contributed by atoms with E-state index in [2.05, 4.69) is 41.2 Å². The van der Waals surface area contributed by atoms with E-state index in [0.717, 1.165) is 101 Å². The number of piperidine rings is 3. The fourth-order valence-electron chi connectivity index (χ4n) is 12.1. The highest BCUT2D eigenvalue weighted by atomic mass is 19.4. The maximum Gasteiger partial charge on any atom is 0.416 e. The first kappa shape index (κ1) is 48.5. The van der Waals surface area contributed by atoms with Crippen LogP contribution in [0.15, 0.2) is 60.9 Å². The van der Waals surface area contributed by atoms with Crippen LogP contribution < -0.4 is 15.1 Å². The molecule has 0 spiro atoms. The van der Waals surface area contributed by atoms with Crippen LogP contribution in [0.3, 0.4) is 0 Å². The maximum absolute atomic E-state index is 14.7. The van der Waals surface area contributed by atoms with Crippen LogP contribution in [-0.2, 0) is 63.8 Å². The summed E-state index contributed by atoms with van der Waals surface area (Å²) in [6, 6.07) is 15.8. The fraction of sp³-hybridized carbons (Fsp3) is 0.547. The van der Waals surface area contributed by atoms with Crippen LogP contribution in [0.2, 0.25) is 0 Å². The zero-order valence-corrected chi connectivity index (χ0v) is 40.9. The zero-order chi connectivity index (χ0) is 49.7. The molecule has 8 heterocycles. The Morgan fingerprint density at radius 2 is 1.58 bits per heavy atom. The average Bonchev–Trinajstić information content (AvgIpc) is 4.03. The van der Waals surface area contributed by atoms with Gasteiger partial charge in [-0.25, -0.2) is 0 Å². The van der Waals surface area contributed by atoms with Crippen molar-refractivity contribution < 1.29 is 41.8 Å². The van der Waals surface area contributed by atoms with Gasteiger partial charge in [0.1, 0.15) is 18.2 Å². The van der Waals surface area contributed by atoms with Crippen molar-refractivity contribution in [1.29, 1.82) is 0 Å². The molecule has 7 aliphatic rings. The van der Waals surface area contributed by atoms with Crippen molar-refractivity contribution in [3.05, 3.63) is 106 Å². The predicted octanol–water partition coefficient (Wildman–Crippen LogP) is 4.78. The molecule has 19 heteroatoms. The Hall–Kier alpha value is -5.73. The van der Waals surface area contributed by atoms with Gasteiger partial charge in [-0.3, -0.25) is 34.3 Å². The highest BCUT2D eigenvalue weighted by Gasteiger charge is 2.44. The molecular formula is C53H63F3N10O6. The number of alkyl halides is 3. The number of carbonyl (C=O) groups excluding carboxylic acids is 4. The van der Waals surface area contributed by atoms with E-state index < -0.39 is 29.6 Å². The van der Waals surface area contributed by atoms with Crippen LogP contribution in [-0.4, -0.2) is 155 Å². The van der Waals surface area contributed by atoms with Gasteiger partial charge in [0.05, 0.1) is 38.0 Å². The van der Waals surface area contributed by atoms with E-state index in [1.165, 1.54) is 11.0 Å². The molecule has 382 valence electrons. The molecule has 0 bridgehead atoms. The number of nitrogens with zero attached hydrogens (tertiary/aromatic N) is 9. The van der Waals surface area contributed by atoms with Gasteiger partial charge < -0.3 is 33.6 Å². The monoisotopic (exact) mass is 992 g/mol. The first-order chi connectivity index (χ1) is 34.8. The average molecular weight is 993 g/mol. The summed E-state index contributed by atoms with van der Waals surface area (Å²) in [5.41, 5.74) is 3.67. The van der Waals surface area contributed by atoms with E-state index in [4.69, 9.17) is 9.47 Å². The lowest BCUT2D eigenvalue weighted by atomic mass is 9.75. The number of aryl methyl sites for hydroxylation is 1. The van der Waals surface area contributed by atoms with Crippen LogP contribution in [0.4, 0.5) is 24.5 Å². The molecule has 0 unspecified atom stereocenters. The lowest BCUT2D eigenvalue weighted by molar-refractivity contribution is -0.138. The molecule has 16 nitrogen and oxygen atoms in total. The fourth-order valence-corrected chi connectivity index (χ4v) is 12.1. The first-order valence-electron chi connectivity index (χ1n) is 25.6. The van der Waals surface area contributed by atoms with Gasteiger partial charge in [-0.15, -0.1) is 10.2 Å². The molecule has 4 amide bonds. The molecule has 0 radical (unpaired) electrons. The van der Waals surface area contributed by atoms with E-state index in [1.54, 1.807) is 23.4 Å². The molecule has 3 aromatic carbocycles. The lowest BCUT2D eigenvalue weighted by Gasteiger charge is -2.42. The van der Waals surface area contributed by atoms with Crippen molar-refractivity contribution in [2.45, 2.75) is 88.3 Å². The molecular weight excluding hydrogens is 930 g/mol. The van der Waals surface area contributed by atoms with Gasteiger partial charge >= 0.3 is 6.18 Å². The van der Waals surface area contributed by atoms with Crippen molar-refractivity contribution in [1.82, 2.24) is 39.7 Å². The number of hydrogen-bond donors (Lipinski definition) is 1. The van der Waals surface area contributed by atoms with Gasteiger partial charge in [-0.1, -0.05) is 12.1 Å². The number of ether oxygens (including phenoxy) is 2. The second-order valence-electron chi connectivity index (χ2n) is 21.1. The van der Waals surface area contributed by atoms with E-state index in [0.29, 0.717) is 81.6 Å². The SMILES string of the molecule is Cn1cnnc1CC1(c2cccc(N3Cc4c(cc(CN5CCC(OCCN6CCC(CN7CCN(c8ccc9c(c8)CN([C@@H]8CCC(=O)NC8=O)C9=O)CC7)CC6)CC5)cc4C(F)(F)F)C3=O)c2)COC1. The summed E-state index contributed by atoms with van der Waals surface area (Å²) in [7, 11) is 1.88. The number of benzene rings is 3. The van der Waals surface area contributed by atoms with Crippen LogP contribution >= 0.6 is 0 Å². The standard InChI is InChI=1S/C53H63F3N10O6/c1-60-34-57-59-47(60)27-52(32-71-33-52)38-3-2-4-40(26-38)65-31-44-43(51(65)70)23-36(24-45(44)53(54,55)56)29-62-15-11-41(12-16-62)72-22-21-61-13-9-35(10-14-61)28-63-17-19-64(20-18-63)39-5-6-42-37(25-39)30-66(50(42)69)46-7-8-48(67)58-49(46)68/h2-6,23-26,34-35,41,46H,7-22,27-33H2,1H3,(H,58,67,68)/t46-/m1/s1. The van der Waals surface area contributed by atoms with Crippen molar-refractivity contribution in [3.63, 3.8) is 0 Å². The molecule has 0 aliphatic carbocycles. The number of amides is 4. The van der Waals surface area contributed by atoms with Crippen LogP contribution in [0.1, 0.15) is 92.9 Å². The Kier molecular flexibility index (Phi) is 13.4. The van der Waals surface area contributed by atoms with Crippen molar-refractivity contribution >= 4 is 35.0 Å². The summed E-state index contributed by atoms with van der Waals surface area (Å²) in [5, 5.41) is 10.6. The number of piperazine rings is 1. The normalized spacial score (nSPS) is 22.7. The lowest BCUT2D eigenvalue weighted by Crippen LogP contribution is -2.52. The van der Waals surface area contributed by atoms with Crippen LogP contribution in [0.5, 0.6) is 0 Å². The zero-order valence-electron chi connectivity index (χ0n) is 40.9. The molecule has 1 atom stereocenters. The summed E-state index contributed by atoms with van der Waals surface area (Å²) < 4.78 is 58.0. The first-order valence-corrected chi connectivity index (χ1v) is 25.6. The molecule has 1 N–H and O–H groups in total. The molecule has 7 aliphatic heterocycles. The maximum atomic E-state index is 14.7. The number of anilines is 2. The highest BCUT2D eigenvalue weighted by molar-refractivity contribution is 6.10. The van der Waals surface area contributed by atoms with Crippen LogP contribution in [0, 0.1) is 5.92 Å². The Morgan fingerprint density at radius 3 is 2.29 bits per heavy atom. The van der Waals surface area contributed by atoms with Crippen molar-refractivity contribution in [2.24, 2.45) is 13.0 Å². The summed E-state index contributed by atoms with van der Waals surface area (Å²) in [4.78, 5) is 64.0. The van der Waals surface area contributed by atoms with Gasteiger partial charge in [-0.05, 0) is 116 Å². The summed E-state index contributed by atoms with van der Waals surface area (Å²) >= 11 is 0. The van der Waals surface area contributed by atoms with Crippen molar-refractivity contribution in [2.75, 3.05) is 95.1 Å². The Labute approximate surface area is 417 Å². The smallest absolute Gasteiger partial charge is 0.379 e. The minimum absolute atomic E-state index is 0.0198. The minimum atomic E-state index is -4.61. The van der Waals surface area contributed by atoms with Crippen molar-refractivity contribution in [3.8, 4) is 0 Å². The van der Waals surface area contributed by atoms with Gasteiger partial charge in [0.2, 0.25) is 11.8 Å². The summed E-state index contributed by atoms with van der Waals surface area (Å²) in [6.07, 6.45) is 2.22. The van der Waals surface area contributed by atoms with E-state index in [-0.39, 0.29) is 47.4 Å². The van der Waals surface area contributed by atoms with E-state index >= 15 is 0 Å². The number of nitrogens with one attached hydrogen (secondary N) is 1. The Balaban J connectivity index is 0.607. The molecule has 5 saturated heterocycles. The number of fused-ring (bicyclic) bond motifs is 2. The van der Waals surface area contributed by atoms with Gasteiger partial charge in [0.15, 0.2) is 0 Å². The summed E-state index contributed by atoms with van der Waals surface area (Å²) in [6.45, 7) is 11.4. The number of aromatic nitrogens is 3. The quantitative estimate of drug-likeness (QED) is 0.174. The number of imide groups is 1. The Bertz CT molecular complexity index is 2700. The molecule has 1 aromatic heterocycles. The minimum Gasteiger partial charge on any atom is -0.379 e. The number of likely N-dealkylation sites (tertiary alicyclic amines) is 2. The molecule has 72 heavy (non-hydrogen) atoms. The molecule has 4 aromatic rings. The Morgan fingerprint density at radius 1 is 0.806 bits per heavy atom. The number of hydrogen-bond acceptors (Lipinski definition) is 12. The number of halogens is 3. The van der Waals surface area contributed by atoms with Gasteiger partial charge in [0.25, 0.3) is 11.8 Å². The van der Waals surface area contributed by atoms with Gasteiger partial charge in [0, 0.05) is 113 Å². The van der Waals surface area contributed by atoms with Crippen LogP contribution in [0.25, 0.3) is 0 Å². The van der Waals surface area contributed by atoms with E-state index in [9.17, 15) is 32.3 Å². The predicted molar refractivity (Wildman–Crippen MR) is 260 cm³/mol. The van der Waals surface area contributed by atoms with E-state index in [1.807, 2.05) is 41.9 Å². The summed E-state index contributed by atoms with van der Waals surface area (Å²) in [5.74, 6) is 0.197. The third-order valence-electron chi connectivity index (χ3n) is 16.4. The second kappa shape index (κ2) is 19.9. The third-order valence-corrected chi connectivity index (χ3v) is 16.4. The topological polar surface area (TPSA) is 149 Å². The number of carbonyl (C=O) groups is 4. The highest BCUT2D eigenvalue weighted by Crippen LogP contribution is 2.42. The molecule has 11 rings (SSSR count). The van der Waals surface area contributed by atoms with Gasteiger partial charge in [-0.2, -0.15) is 13.2 Å². The molecule has 0 saturated carbocycles. The second-order valence-corrected chi connectivity index (χ2v) is 21.1. The molecule has 5 fully saturated rings. The largest absolute Gasteiger partial charge is 0.416 e. The third kappa shape index (κ3) is 9.89.